The van der Waals surface area contributed by atoms with Crippen LogP contribution in [0.3, 0.4) is 0 Å². The number of hydrogen-bond acceptors (Lipinski definition) is 6. The summed E-state index contributed by atoms with van der Waals surface area (Å²) in [5.74, 6) is 1.44. The Morgan fingerprint density at radius 3 is 2.73 bits per heavy atom. The highest BCUT2D eigenvalue weighted by Crippen LogP contribution is 2.85. The number of piperidine rings is 1. The van der Waals surface area contributed by atoms with E-state index in [1.807, 2.05) is 49.4 Å². The molecule has 3 heterocycles. The Morgan fingerprint density at radius 1 is 1.15 bits per heavy atom. The van der Waals surface area contributed by atoms with Gasteiger partial charge in [0.1, 0.15) is 11.2 Å². The lowest BCUT2D eigenvalue weighted by Gasteiger charge is -2.32. The summed E-state index contributed by atoms with van der Waals surface area (Å²) in [6.07, 6.45) is 1.22. The Morgan fingerprint density at radius 2 is 1.94 bits per heavy atom. The average molecular weight is 457 g/mol. The highest BCUT2D eigenvalue weighted by atomic mass is 32.1. The number of oxazole rings is 1. The molecule has 33 heavy (non-hydrogen) atoms. The van der Waals surface area contributed by atoms with E-state index in [9.17, 15) is 4.79 Å². The van der Waals surface area contributed by atoms with E-state index in [0.29, 0.717) is 17.6 Å². The van der Waals surface area contributed by atoms with E-state index in [1.165, 1.54) is 6.42 Å². The molecule has 6 nitrogen and oxygen atoms in total. The number of rotatable bonds is 5. The first-order valence-electron chi connectivity index (χ1n) is 11.5. The van der Waals surface area contributed by atoms with Crippen LogP contribution >= 0.6 is 11.3 Å². The maximum absolute atomic E-state index is 13.9. The van der Waals surface area contributed by atoms with Crippen molar-refractivity contribution in [1.29, 1.82) is 0 Å². The lowest BCUT2D eigenvalue weighted by molar-refractivity contribution is 0.0682. The first kappa shape index (κ1) is 19.3. The molecule has 1 saturated heterocycles. The fraction of sp³-hybridized carbons (Fsp3) is 0.346. The van der Waals surface area contributed by atoms with Gasteiger partial charge in [0.15, 0.2) is 5.58 Å². The van der Waals surface area contributed by atoms with E-state index in [4.69, 9.17) is 9.40 Å². The zero-order valence-corrected chi connectivity index (χ0v) is 19.3. The number of anilines is 1. The van der Waals surface area contributed by atoms with Crippen LogP contribution in [-0.2, 0) is 0 Å². The monoisotopic (exact) mass is 456 g/mol. The molecular weight excluding hydrogens is 432 g/mol. The van der Waals surface area contributed by atoms with Gasteiger partial charge in [0.2, 0.25) is 0 Å². The highest BCUT2D eigenvalue weighted by molar-refractivity contribution is 7.15. The molecule has 1 N–H and O–H groups in total. The SMILES string of the molecule is Cc1nc(C(=O)N2CC3[C@H]4CC34[C@H]2[C@H](C)Nc2nc3ccccc3o2)c(-c2ccccc2)s1. The molecule has 2 unspecified atom stereocenters. The molecule has 7 heteroatoms. The molecule has 2 aromatic carbocycles. The van der Waals surface area contributed by atoms with E-state index in [0.717, 1.165) is 39.0 Å². The second-order valence-electron chi connectivity index (χ2n) is 9.63. The van der Waals surface area contributed by atoms with Crippen LogP contribution < -0.4 is 5.32 Å². The third kappa shape index (κ3) is 2.75. The normalized spacial score (nSPS) is 27.8. The number of carbonyl (C=O) groups excluding carboxylic acids is 1. The van der Waals surface area contributed by atoms with Gasteiger partial charge in [0.05, 0.1) is 15.9 Å². The molecule has 1 amide bonds. The number of hydrogen-bond donors (Lipinski definition) is 1. The summed E-state index contributed by atoms with van der Waals surface area (Å²) in [6.45, 7) is 4.94. The van der Waals surface area contributed by atoms with Crippen LogP contribution in [0, 0.1) is 24.2 Å². The number of fused-ring (bicyclic) bond motifs is 2. The summed E-state index contributed by atoms with van der Waals surface area (Å²) in [7, 11) is 0. The van der Waals surface area contributed by atoms with Crippen molar-refractivity contribution in [3.63, 3.8) is 0 Å². The summed E-state index contributed by atoms with van der Waals surface area (Å²) in [4.78, 5) is 26.2. The molecule has 7 rings (SSSR count). The number of thiazole rings is 1. The van der Waals surface area contributed by atoms with Crippen LogP contribution in [0.2, 0.25) is 0 Å². The van der Waals surface area contributed by atoms with Crippen LogP contribution in [0.15, 0.2) is 59.0 Å². The van der Waals surface area contributed by atoms with Gasteiger partial charge in [0.25, 0.3) is 11.9 Å². The van der Waals surface area contributed by atoms with Crippen molar-refractivity contribution >= 4 is 34.4 Å². The van der Waals surface area contributed by atoms with Gasteiger partial charge in [-0.25, -0.2) is 4.98 Å². The van der Waals surface area contributed by atoms with Crippen LogP contribution in [0.25, 0.3) is 21.5 Å². The van der Waals surface area contributed by atoms with Crippen molar-refractivity contribution in [2.75, 3.05) is 11.9 Å². The lowest BCUT2D eigenvalue weighted by atomic mass is 9.96. The number of nitrogens with one attached hydrogen (secondary N) is 1. The van der Waals surface area contributed by atoms with Gasteiger partial charge in [-0.15, -0.1) is 11.3 Å². The smallest absolute Gasteiger partial charge is 0.295 e. The third-order valence-electron chi connectivity index (χ3n) is 7.80. The van der Waals surface area contributed by atoms with E-state index in [2.05, 4.69) is 34.3 Å². The van der Waals surface area contributed by atoms with E-state index in [1.54, 1.807) is 11.3 Å². The minimum Gasteiger partial charge on any atom is -0.424 e. The van der Waals surface area contributed by atoms with E-state index in [-0.39, 0.29) is 23.4 Å². The van der Waals surface area contributed by atoms with Gasteiger partial charge in [-0.1, -0.05) is 42.5 Å². The summed E-state index contributed by atoms with van der Waals surface area (Å²) in [5.41, 5.74) is 3.50. The Balaban J connectivity index is 1.20. The van der Waals surface area contributed by atoms with Gasteiger partial charge in [0, 0.05) is 18.0 Å². The number of likely N-dealkylation sites (tertiary alicyclic amines) is 1. The van der Waals surface area contributed by atoms with Gasteiger partial charge in [-0.05, 0) is 49.8 Å². The van der Waals surface area contributed by atoms with Crippen molar-refractivity contribution < 1.29 is 9.21 Å². The molecule has 3 fully saturated rings. The molecule has 5 atom stereocenters. The minimum absolute atomic E-state index is 0.0272. The Kier molecular flexibility index (Phi) is 3.90. The van der Waals surface area contributed by atoms with Crippen molar-refractivity contribution in [3.8, 4) is 10.4 Å². The van der Waals surface area contributed by atoms with Gasteiger partial charge in [-0.2, -0.15) is 4.98 Å². The standard InChI is InChI=1S/C26H24N4O2S/c1-14(27-25-29-19-10-6-7-11-20(19)32-25)23-26-12-17(26)18(26)13-30(23)24(31)21-22(33-15(2)28-21)16-8-4-3-5-9-16/h3-11,14,17-18,23H,12-13H2,1-2H3,(H,27,29)/t14-,17+,18?,23+,26?/m0/s1. The summed E-state index contributed by atoms with van der Waals surface area (Å²) in [5, 5.41) is 4.40. The number of nitrogens with zero attached hydrogens (tertiary/aromatic N) is 3. The fourth-order valence-electron chi connectivity index (χ4n) is 6.20. The predicted octanol–water partition coefficient (Wildman–Crippen LogP) is 5.22. The third-order valence-corrected chi connectivity index (χ3v) is 8.82. The largest absolute Gasteiger partial charge is 0.424 e. The van der Waals surface area contributed by atoms with Crippen molar-refractivity contribution in [2.45, 2.75) is 32.4 Å². The molecular formula is C26H24N4O2S. The molecule has 1 spiro atoms. The van der Waals surface area contributed by atoms with Crippen LogP contribution in [0.5, 0.6) is 0 Å². The Labute approximate surface area is 195 Å². The van der Waals surface area contributed by atoms with Gasteiger partial charge < -0.3 is 14.6 Å². The number of para-hydroxylation sites is 2. The first-order chi connectivity index (χ1) is 16.1. The number of carbonyl (C=O) groups is 1. The molecule has 0 bridgehead atoms. The average Bonchev–Trinajstić information content (AvgIpc) is 3.47. The molecule has 2 aromatic heterocycles. The summed E-state index contributed by atoms with van der Waals surface area (Å²) >= 11 is 1.59. The van der Waals surface area contributed by atoms with E-state index < -0.39 is 0 Å². The molecule has 1 aliphatic heterocycles. The fourth-order valence-corrected chi connectivity index (χ4v) is 7.12. The second kappa shape index (κ2) is 6.67. The molecule has 2 saturated carbocycles. The summed E-state index contributed by atoms with van der Waals surface area (Å²) < 4.78 is 5.92. The van der Waals surface area contributed by atoms with Crippen LogP contribution in [0.4, 0.5) is 6.01 Å². The van der Waals surface area contributed by atoms with Crippen molar-refractivity contribution in [3.05, 3.63) is 65.3 Å². The van der Waals surface area contributed by atoms with Gasteiger partial charge in [-0.3, -0.25) is 4.79 Å². The molecule has 2 aliphatic carbocycles. The number of aryl methyl sites for hydroxylation is 1. The summed E-state index contributed by atoms with van der Waals surface area (Å²) in [6, 6.07) is 18.5. The second-order valence-corrected chi connectivity index (χ2v) is 10.8. The van der Waals surface area contributed by atoms with Gasteiger partial charge >= 0.3 is 0 Å². The number of amides is 1. The topological polar surface area (TPSA) is 71.3 Å². The molecule has 4 aromatic rings. The van der Waals surface area contributed by atoms with E-state index >= 15 is 0 Å². The van der Waals surface area contributed by atoms with Crippen molar-refractivity contribution in [2.24, 2.45) is 17.3 Å². The first-order valence-corrected chi connectivity index (χ1v) is 12.3. The maximum Gasteiger partial charge on any atom is 0.295 e. The predicted molar refractivity (Wildman–Crippen MR) is 128 cm³/mol. The van der Waals surface area contributed by atoms with Crippen LogP contribution in [0.1, 0.15) is 28.8 Å². The quantitative estimate of drug-likeness (QED) is 0.446. The van der Waals surface area contributed by atoms with Crippen LogP contribution in [-0.4, -0.2) is 39.4 Å². The Bertz CT molecular complexity index is 1360. The Hall–Kier alpha value is -3.19. The highest BCUT2D eigenvalue weighted by Gasteiger charge is 2.86. The lowest BCUT2D eigenvalue weighted by Crippen LogP contribution is -2.48. The minimum atomic E-state index is 0.0272. The zero-order chi connectivity index (χ0) is 22.3. The molecule has 0 radical (unpaired) electrons. The van der Waals surface area contributed by atoms with Crippen molar-refractivity contribution in [1.82, 2.24) is 14.9 Å². The zero-order valence-electron chi connectivity index (χ0n) is 18.5. The number of benzene rings is 2. The molecule has 166 valence electrons. The molecule has 3 aliphatic rings. The number of aromatic nitrogens is 2. The maximum atomic E-state index is 13.9.